The molecule has 5 heteroatoms. The third-order valence-electron chi connectivity index (χ3n) is 3.36. The van der Waals surface area contributed by atoms with Gasteiger partial charge in [0.05, 0.1) is 6.61 Å². The molecule has 142 valence electrons. The molecule has 2 nitrogen and oxygen atoms in total. The van der Waals surface area contributed by atoms with Gasteiger partial charge in [-0.05, 0) is 30.2 Å². The molecule has 0 bridgehead atoms. The van der Waals surface area contributed by atoms with Crippen LogP contribution in [0, 0.1) is 11.6 Å². The fourth-order valence-electron chi connectivity index (χ4n) is 1.85. The van der Waals surface area contributed by atoms with Gasteiger partial charge in [-0.3, -0.25) is 0 Å². The van der Waals surface area contributed by atoms with Crippen LogP contribution >= 0.6 is 0 Å². The van der Waals surface area contributed by atoms with Crippen molar-refractivity contribution in [2.24, 2.45) is 0 Å². The number of phenols is 1. The summed E-state index contributed by atoms with van der Waals surface area (Å²) in [7, 11) is 0. The van der Waals surface area contributed by atoms with Crippen LogP contribution in [0.5, 0.6) is 5.75 Å². The first-order chi connectivity index (χ1) is 12.7. The number of halogens is 3. The van der Waals surface area contributed by atoms with Crippen LogP contribution in [-0.4, -0.2) is 11.7 Å². The Kier molecular flexibility index (Phi) is 8.14. The summed E-state index contributed by atoms with van der Waals surface area (Å²) in [5.41, 5.74) is 0.728. The second-order valence-electron chi connectivity index (χ2n) is 5.44. The molecular formula is C22H21F3O2. The minimum atomic E-state index is -1.32. The van der Waals surface area contributed by atoms with Gasteiger partial charge >= 0.3 is 0 Å². The summed E-state index contributed by atoms with van der Waals surface area (Å²) in [5.74, 6) is -3.71. The molecule has 0 fully saturated rings. The van der Waals surface area contributed by atoms with E-state index in [9.17, 15) is 13.2 Å². The third-order valence-corrected chi connectivity index (χ3v) is 3.36. The Morgan fingerprint density at radius 1 is 1.07 bits per heavy atom. The zero-order chi connectivity index (χ0) is 20.6. The smallest absolute Gasteiger partial charge is 0.200 e. The largest absolute Gasteiger partial charge is 0.505 e. The standard InChI is InChI=1S/C22H21F3O2/c1-6-27-16(4)13-19(23)17(5)15(3)9-7-14(2)8-10-18-11-12-20(26)22(25)21(18)24/h7-13,26H,2-6H2,1H3/b9-7-,10-8+,19-13+. The van der Waals surface area contributed by atoms with Crippen LogP contribution in [0.15, 0.2) is 91.1 Å². The Morgan fingerprint density at radius 2 is 1.74 bits per heavy atom. The molecule has 0 aliphatic heterocycles. The molecule has 27 heavy (non-hydrogen) atoms. The van der Waals surface area contributed by atoms with Crippen molar-refractivity contribution in [2.45, 2.75) is 6.92 Å². The number of allylic oxidation sites excluding steroid dienone is 8. The first-order valence-corrected chi connectivity index (χ1v) is 7.96. The van der Waals surface area contributed by atoms with E-state index in [2.05, 4.69) is 26.3 Å². The van der Waals surface area contributed by atoms with Crippen LogP contribution < -0.4 is 0 Å². The van der Waals surface area contributed by atoms with Crippen molar-refractivity contribution in [3.63, 3.8) is 0 Å². The lowest BCUT2D eigenvalue weighted by atomic mass is 10.1. The van der Waals surface area contributed by atoms with Crippen molar-refractivity contribution >= 4 is 6.08 Å². The Hall–Kier alpha value is -3.21. The molecule has 0 amide bonds. The average molecular weight is 374 g/mol. The quantitative estimate of drug-likeness (QED) is 0.405. The second-order valence-corrected chi connectivity index (χ2v) is 5.44. The van der Waals surface area contributed by atoms with Crippen LogP contribution in [0.25, 0.3) is 6.08 Å². The molecule has 0 radical (unpaired) electrons. The average Bonchev–Trinajstić information content (AvgIpc) is 2.63. The summed E-state index contributed by atoms with van der Waals surface area (Å²) >= 11 is 0. The number of ether oxygens (including phenoxy) is 1. The highest BCUT2D eigenvalue weighted by Crippen LogP contribution is 2.23. The maximum Gasteiger partial charge on any atom is 0.200 e. The summed E-state index contributed by atoms with van der Waals surface area (Å²) in [6.07, 6.45) is 6.85. The van der Waals surface area contributed by atoms with Crippen LogP contribution in [0.4, 0.5) is 13.2 Å². The van der Waals surface area contributed by atoms with Gasteiger partial charge in [-0.1, -0.05) is 50.6 Å². The molecule has 0 aliphatic rings. The maximum atomic E-state index is 14.0. The lowest BCUT2D eigenvalue weighted by molar-refractivity contribution is 0.243. The number of aromatic hydroxyl groups is 1. The summed E-state index contributed by atoms with van der Waals surface area (Å²) in [4.78, 5) is 0. The van der Waals surface area contributed by atoms with Crippen molar-refractivity contribution in [2.75, 3.05) is 6.61 Å². The second kappa shape index (κ2) is 10.1. The number of hydrogen-bond acceptors (Lipinski definition) is 2. The van der Waals surface area contributed by atoms with Crippen molar-refractivity contribution in [3.05, 3.63) is 108 Å². The number of rotatable bonds is 9. The lowest BCUT2D eigenvalue weighted by Crippen LogP contribution is -1.90. The van der Waals surface area contributed by atoms with Crippen molar-refractivity contribution < 1.29 is 23.0 Å². The van der Waals surface area contributed by atoms with E-state index in [1.54, 1.807) is 6.92 Å². The lowest BCUT2D eigenvalue weighted by Gasteiger charge is -2.05. The van der Waals surface area contributed by atoms with E-state index in [0.717, 1.165) is 12.1 Å². The van der Waals surface area contributed by atoms with E-state index in [0.29, 0.717) is 17.8 Å². The van der Waals surface area contributed by atoms with E-state index in [-0.39, 0.29) is 16.9 Å². The molecule has 0 aliphatic carbocycles. The summed E-state index contributed by atoms with van der Waals surface area (Å²) in [6, 6.07) is 2.28. The van der Waals surface area contributed by atoms with Crippen LogP contribution in [0.3, 0.4) is 0 Å². The third kappa shape index (κ3) is 6.55. The maximum absolute atomic E-state index is 14.0. The first kappa shape index (κ1) is 21.8. The van der Waals surface area contributed by atoms with Gasteiger partial charge in [0.1, 0.15) is 11.6 Å². The molecule has 1 rings (SSSR count). The molecule has 0 atom stereocenters. The van der Waals surface area contributed by atoms with E-state index >= 15 is 0 Å². The molecule has 0 unspecified atom stereocenters. The Labute approximate surface area is 157 Å². The monoisotopic (exact) mass is 374 g/mol. The van der Waals surface area contributed by atoms with E-state index < -0.39 is 23.2 Å². The molecule has 0 spiro atoms. The summed E-state index contributed by atoms with van der Waals surface area (Å²) in [6.45, 7) is 16.7. The number of hydrogen-bond donors (Lipinski definition) is 1. The molecule has 0 aromatic heterocycles. The van der Waals surface area contributed by atoms with Crippen LogP contribution in [-0.2, 0) is 4.74 Å². The summed E-state index contributed by atoms with van der Waals surface area (Å²) in [5, 5.41) is 9.09. The van der Waals surface area contributed by atoms with Gasteiger partial charge in [0.25, 0.3) is 0 Å². The molecular weight excluding hydrogens is 353 g/mol. The van der Waals surface area contributed by atoms with Crippen molar-refractivity contribution in [1.82, 2.24) is 0 Å². The Morgan fingerprint density at radius 3 is 2.37 bits per heavy atom. The van der Waals surface area contributed by atoms with Gasteiger partial charge in [0.2, 0.25) is 5.82 Å². The minimum absolute atomic E-state index is 0.0495. The fraction of sp³-hybridized carbons (Fsp3) is 0.0909. The van der Waals surface area contributed by atoms with E-state index in [1.165, 1.54) is 30.4 Å². The van der Waals surface area contributed by atoms with Crippen molar-refractivity contribution in [1.29, 1.82) is 0 Å². The van der Waals surface area contributed by atoms with E-state index in [1.807, 2.05) is 0 Å². The molecule has 0 saturated heterocycles. The molecule has 1 aromatic carbocycles. The molecule has 1 N–H and O–H groups in total. The number of benzene rings is 1. The topological polar surface area (TPSA) is 29.5 Å². The fourth-order valence-corrected chi connectivity index (χ4v) is 1.85. The summed E-state index contributed by atoms with van der Waals surface area (Å²) < 4.78 is 46.0. The normalized spacial score (nSPS) is 11.8. The van der Waals surface area contributed by atoms with Crippen molar-refractivity contribution in [3.8, 4) is 5.75 Å². The van der Waals surface area contributed by atoms with Gasteiger partial charge < -0.3 is 9.84 Å². The highest BCUT2D eigenvalue weighted by Gasteiger charge is 2.10. The minimum Gasteiger partial charge on any atom is -0.505 e. The Balaban J connectivity index is 2.78. The Bertz CT molecular complexity index is 859. The van der Waals surface area contributed by atoms with Gasteiger partial charge in [0, 0.05) is 17.2 Å². The highest BCUT2D eigenvalue weighted by atomic mass is 19.2. The van der Waals surface area contributed by atoms with Gasteiger partial charge in [-0.2, -0.15) is 4.39 Å². The van der Waals surface area contributed by atoms with Gasteiger partial charge in [-0.15, -0.1) is 0 Å². The molecule has 1 aromatic rings. The van der Waals surface area contributed by atoms with E-state index in [4.69, 9.17) is 9.84 Å². The predicted octanol–water partition coefficient (Wildman–Crippen LogP) is 6.31. The van der Waals surface area contributed by atoms with Gasteiger partial charge in [-0.25, -0.2) is 8.78 Å². The van der Waals surface area contributed by atoms with Crippen LogP contribution in [0.2, 0.25) is 0 Å². The first-order valence-electron chi connectivity index (χ1n) is 7.96. The highest BCUT2D eigenvalue weighted by molar-refractivity contribution is 5.57. The predicted molar refractivity (Wildman–Crippen MR) is 104 cm³/mol. The molecule has 0 heterocycles. The van der Waals surface area contributed by atoms with Gasteiger partial charge in [0.15, 0.2) is 11.6 Å². The zero-order valence-corrected chi connectivity index (χ0v) is 15.1. The van der Waals surface area contributed by atoms with Crippen LogP contribution in [0.1, 0.15) is 12.5 Å². The molecule has 0 saturated carbocycles. The SMILES string of the molecule is C=C(/C=C\C(=C)C(=C)/C(F)=C\C(=C)OCC)/C=C/c1ccc(O)c(F)c1F. The zero-order valence-electron chi connectivity index (χ0n) is 15.1. The number of phenolic OH excluding ortho intramolecular Hbond substituents is 1.